The molecule has 1 saturated heterocycles. The van der Waals surface area contributed by atoms with Gasteiger partial charge in [-0.25, -0.2) is 23.2 Å². The fourth-order valence-electron chi connectivity index (χ4n) is 2.03. The largest absolute Gasteiger partial charge is 0.347 e. The maximum absolute atomic E-state index is 13.4. The molecule has 1 aromatic carbocycles. The van der Waals surface area contributed by atoms with Crippen LogP contribution in [-0.2, 0) is 0 Å². The lowest BCUT2D eigenvalue weighted by molar-refractivity contribution is 0.0894. The molecule has 0 unspecified atom stereocenters. The highest BCUT2D eigenvalue weighted by Gasteiger charge is 2.27. The first-order chi connectivity index (χ1) is 8.90. The van der Waals surface area contributed by atoms with Crippen molar-refractivity contribution in [2.75, 3.05) is 27.2 Å². The molecule has 1 heterocycles. The SMILES string of the molecule is CN1CC(NC(=O)c2ccc(F)c(F)c2F)CN1C. The van der Waals surface area contributed by atoms with E-state index < -0.39 is 28.9 Å². The Morgan fingerprint density at radius 3 is 2.32 bits per heavy atom. The quantitative estimate of drug-likeness (QED) is 0.816. The van der Waals surface area contributed by atoms with Crippen molar-refractivity contribution in [2.24, 2.45) is 0 Å². The first-order valence-electron chi connectivity index (χ1n) is 5.76. The minimum atomic E-state index is -1.63. The second-order valence-corrected chi connectivity index (χ2v) is 4.57. The zero-order chi connectivity index (χ0) is 14.2. The summed E-state index contributed by atoms with van der Waals surface area (Å²) >= 11 is 0. The highest BCUT2D eigenvalue weighted by molar-refractivity contribution is 5.94. The molecule has 1 N–H and O–H groups in total. The van der Waals surface area contributed by atoms with Gasteiger partial charge in [0.15, 0.2) is 17.5 Å². The van der Waals surface area contributed by atoms with E-state index in [0.717, 1.165) is 12.1 Å². The Hall–Kier alpha value is -1.60. The standard InChI is InChI=1S/C12H14F3N3O/c1-17-5-7(6-18(17)2)16-12(19)8-3-4-9(13)11(15)10(8)14/h3-4,7H,5-6H2,1-2H3,(H,16,19). The summed E-state index contributed by atoms with van der Waals surface area (Å²) in [7, 11) is 3.70. The highest BCUT2D eigenvalue weighted by Crippen LogP contribution is 2.15. The van der Waals surface area contributed by atoms with Crippen LogP contribution in [0.25, 0.3) is 0 Å². The van der Waals surface area contributed by atoms with Gasteiger partial charge in [-0.1, -0.05) is 0 Å². The van der Waals surface area contributed by atoms with Crippen LogP contribution in [0.3, 0.4) is 0 Å². The number of hydrazine groups is 1. The van der Waals surface area contributed by atoms with Crippen LogP contribution in [-0.4, -0.2) is 49.2 Å². The van der Waals surface area contributed by atoms with Crippen molar-refractivity contribution in [2.45, 2.75) is 6.04 Å². The second-order valence-electron chi connectivity index (χ2n) is 4.57. The van der Waals surface area contributed by atoms with Gasteiger partial charge in [-0.15, -0.1) is 0 Å². The van der Waals surface area contributed by atoms with E-state index in [1.54, 1.807) is 0 Å². The zero-order valence-corrected chi connectivity index (χ0v) is 10.6. The van der Waals surface area contributed by atoms with Crippen molar-refractivity contribution in [3.05, 3.63) is 35.1 Å². The van der Waals surface area contributed by atoms with E-state index in [9.17, 15) is 18.0 Å². The van der Waals surface area contributed by atoms with Gasteiger partial charge in [-0.3, -0.25) is 4.79 Å². The first-order valence-corrected chi connectivity index (χ1v) is 5.76. The Morgan fingerprint density at radius 1 is 1.16 bits per heavy atom. The molecule has 0 aromatic heterocycles. The predicted octanol–water partition coefficient (Wildman–Crippen LogP) is 0.994. The molecule has 4 nitrogen and oxygen atoms in total. The summed E-state index contributed by atoms with van der Waals surface area (Å²) in [6.07, 6.45) is 0. The zero-order valence-electron chi connectivity index (χ0n) is 10.6. The molecule has 1 amide bonds. The Morgan fingerprint density at radius 2 is 1.74 bits per heavy atom. The van der Waals surface area contributed by atoms with Crippen LogP contribution < -0.4 is 5.32 Å². The molecule has 104 valence electrons. The topological polar surface area (TPSA) is 35.6 Å². The lowest BCUT2D eigenvalue weighted by Gasteiger charge is -2.16. The van der Waals surface area contributed by atoms with Crippen molar-refractivity contribution in [1.82, 2.24) is 15.3 Å². The van der Waals surface area contributed by atoms with Crippen LogP contribution in [0.15, 0.2) is 12.1 Å². The summed E-state index contributed by atoms with van der Waals surface area (Å²) in [5.41, 5.74) is -0.490. The summed E-state index contributed by atoms with van der Waals surface area (Å²) in [5, 5.41) is 6.38. The van der Waals surface area contributed by atoms with Gasteiger partial charge in [0.1, 0.15) is 0 Å². The molecular formula is C12H14F3N3O. The van der Waals surface area contributed by atoms with Crippen LogP contribution in [0, 0.1) is 17.5 Å². The van der Waals surface area contributed by atoms with Gasteiger partial charge in [0, 0.05) is 27.2 Å². The van der Waals surface area contributed by atoms with E-state index >= 15 is 0 Å². The summed E-state index contributed by atoms with van der Waals surface area (Å²) < 4.78 is 39.3. The Bertz CT molecular complexity index is 499. The lowest BCUT2D eigenvalue weighted by atomic mass is 10.1. The van der Waals surface area contributed by atoms with Crippen molar-refractivity contribution in [1.29, 1.82) is 0 Å². The number of carbonyl (C=O) groups excluding carboxylic acids is 1. The molecule has 0 saturated carbocycles. The number of nitrogens with zero attached hydrogens (tertiary/aromatic N) is 2. The molecule has 0 spiro atoms. The average molecular weight is 273 g/mol. The second kappa shape index (κ2) is 5.18. The highest BCUT2D eigenvalue weighted by atomic mass is 19.2. The molecule has 19 heavy (non-hydrogen) atoms. The Balaban J connectivity index is 2.11. The Kier molecular flexibility index (Phi) is 3.77. The molecule has 0 bridgehead atoms. The minimum Gasteiger partial charge on any atom is -0.347 e. The molecule has 1 fully saturated rings. The summed E-state index contributed by atoms with van der Waals surface area (Å²) in [4.78, 5) is 11.8. The molecule has 2 rings (SSSR count). The van der Waals surface area contributed by atoms with E-state index in [2.05, 4.69) is 5.32 Å². The van der Waals surface area contributed by atoms with E-state index in [4.69, 9.17) is 0 Å². The fraction of sp³-hybridized carbons (Fsp3) is 0.417. The number of carbonyl (C=O) groups is 1. The lowest BCUT2D eigenvalue weighted by Crippen LogP contribution is -2.38. The smallest absolute Gasteiger partial charge is 0.254 e. The molecule has 0 aliphatic carbocycles. The maximum atomic E-state index is 13.4. The van der Waals surface area contributed by atoms with Gasteiger partial charge < -0.3 is 5.32 Å². The van der Waals surface area contributed by atoms with Crippen LogP contribution in [0.2, 0.25) is 0 Å². The average Bonchev–Trinajstić information content (AvgIpc) is 2.65. The van der Waals surface area contributed by atoms with Gasteiger partial charge in [0.05, 0.1) is 11.6 Å². The van der Waals surface area contributed by atoms with E-state index in [0.29, 0.717) is 13.1 Å². The number of hydrogen-bond acceptors (Lipinski definition) is 3. The molecule has 1 aliphatic rings. The predicted molar refractivity (Wildman–Crippen MR) is 62.8 cm³/mol. The summed E-state index contributed by atoms with van der Waals surface area (Å²) in [6.45, 7) is 1.15. The van der Waals surface area contributed by atoms with Crippen LogP contribution in [0.5, 0.6) is 0 Å². The van der Waals surface area contributed by atoms with Crippen molar-refractivity contribution < 1.29 is 18.0 Å². The molecule has 0 atom stereocenters. The first kappa shape index (κ1) is 13.8. The van der Waals surface area contributed by atoms with Gasteiger partial charge >= 0.3 is 0 Å². The number of amides is 1. The molecule has 1 aromatic rings. The third-order valence-electron chi connectivity index (χ3n) is 3.17. The molecule has 0 radical (unpaired) electrons. The number of benzene rings is 1. The van der Waals surface area contributed by atoms with Crippen molar-refractivity contribution in [3.8, 4) is 0 Å². The number of hydrogen-bond donors (Lipinski definition) is 1. The fourth-order valence-corrected chi connectivity index (χ4v) is 2.03. The number of halogens is 3. The normalized spacial score (nSPS) is 17.9. The molecule has 1 aliphatic heterocycles. The van der Waals surface area contributed by atoms with Crippen LogP contribution in [0.1, 0.15) is 10.4 Å². The monoisotopic (exact) mass is 273 g/mol. The van der Waals surface area contributed by atoms with E-state index in [1.165, 1.54) is 0 Å². The number of likely N-dealkylation sites (N-methyl/N-ethyl adjacent to an activating group) is 2. The maximum Gasteiger partial charge on any atom is 0.254 e. The van der Waals surface area contributed by atoms with Crippen molar-refractivity contribution in [3.63, 3.8) is 0 Å². The number of rotatable bonds is 2. The minimum absolute atomic E-state index is 0.185. The van der Waals surface area contributed by atoms with E-state index in [1.807, 2.05) is 24.1 Å². The van der Waals surface area contributed by atoms with Crippen LogP contribution in [0.4, 0.5) is 13.2 Å². The Labute approximate surface area is 108 Å². The van der Waals surface area contributed by atoms with Crippen molar-refractivity contribution >= 4 is 5.91 Å². The summed E-state index contributed by atoms with van der Waals surface area (Å²) in [6, 6.07) is 1.49. The van der Waals surface area contributed by atoms with Gasteiger partial charge in [-0.2, -0.15) is 0 Å². The van der Waals surface area contributed by atoms with Crippen LogP contribution >= 0.6 is 0 Å². The number of nitrogens with one attached hydrogen (secondary N) is 1. The van der Waals surface area contributed by atoms with Gasteiger partial charge in [0.25, 0.3) is 5.91 Å². The van der Waals surface area contributed by atoms with Gasteiger partial charge in [-0.05, 0) is 12.1 Å². The molecule has 7 heteroatoms. The summed E-state index contributed by atoms with van der Waals surface area (Å²) in [5.74, 6) is -5.15. The third-order valence-corrected chi connectivity index (χ3v) is 3.17. The van der Waals surface area contributed by atoms with E-state index in [-0.39, 0.29) is 6.04 Å². The molecular weight excluding hydrogens is 259 g/mol. The third kappa shape index (κ3) is 2.71. The van der Waals surface area contributed by atoms with Gasteiger partial charge in [0.2, 0.25) is 0 Å².